The Hall–Kier alpha value is -5.90. The van der Waals surface area contributed by atoms with Gasteiger partial charge in [-0.3, -0.25) is 0 Å². The van der Waals surface area contributed by atoms with Gasteiger partial charge < -0.3 is 52.5 Å². The zero-order chi connectivity index (χ0) is 49.0. The number of hydrogen-bond donors (Lipinski definition) is 1. The van der Waals surface area contributed by atoms with Crippen LogP contribution in [0.1, 0.15) is 38.9 Å². The van der Waals surface area contributed by atoms with Crippen LogP contribution in [-0.2, 0) is 93.6 Å². The lowest BCUT2D eigenvalue weighted by Crippen LogP contribution is -2.66. The largest absolute Gasteiger partial charge is 0.374 e. The molecule has 10 atom stereocenters. The monoisotopic (exact) mass is 972 g/mol. The first kappa shape index (κ1) is 51.0. The summed E-state index contributed by atoms with van der Waals surface area (Å²) in [4.78, 5) is 0. The highest BCUT2D eigenvalue weighted by atomic mass is 16.8. The van der Waals surface area contributed by atoms with Crippen molar-refractivity contribution in [1.82, 2.24) is 0 Å². The van der Waals surface area contributed by atoms with Crippen molar-refractivity contribution < 1.29 is 52.5 Å². The van der Waals surface area contributed by atoms with E-state index in [0.29, 0.717) is 13.2 Å². The fourth-order valence-electron chi connectivity index (χ4n) is 8.97. The molecule has 0 aromatic heterocycles. The fraction of sp³-hybridized carbons (Fsp3) is 0.311. The SMILES string of the molecule is O[C@@H]1O[C@H](COCc2ccccc2)[C@H](O[C@@H]2O[C@H](COCc3ccccc3)[C@H](OCc3ccccc3)[C@H](OCc3ccccc3)[C@H]2OCc2ccccc2)[C@H](OCc2ccccc2)[C@H]1OCc1ccccc1. The molecule has 2 saturated heterocycles. The highest BCUT2D eigenvalue weighted by Gasteiger charge is 2.54. The highest BCUT2D eigenvalue weighted by molar-refractivity contribution is 5.19. The van der Waals surface area contributed by atoms with Gasteiger partial charge in [0.25, 0.3) is 0 Å². The molecule has 7 aromatic rings. The molecule has 0 unspecified atom stereocenters. The Labute approximate surface area is 423 Å². The molecule has 2 fully saturated rings. The highest BCUT2D eigenvalue weighted by Crippen LogP contribution is 2.36. The zero-order valence-corrected chi connectivity index (χ0v) is 40.4. The molecule has 0 radical (unpaired) electrons. The Morgan fingerprint density at radius 1 is 0.292 bits per heavy atom. The van der Waals surface area contributed by atoms with E-state index in [0.717, 1.165) is 38.9 Å². The maximum absolute atomic E-state index is 12.0. The second-order valence-electron chi connectivity index (χ2n) is 18.0. The quantitative estimate of drug-likeness (QED) is 0.0591. The molecular formula is C61H64O11. The van der Waals surface area contributed by atoms with E-state index in [4.69, 9.17) is 47.4 Å². The van der Waals surface area contributed by atoms with Crippen LogP contribution in [0.4, 0.5) is 0 Å². The normalized spacial score (nSPS) is 24.2. The van der Waals surface area contributed by atoms with Crippen LogP contribution in [0.2, 0.25) is 0 Å². The Balaban J connectivity index is 1.10. The van der Waals surface area contributed by atoms with Crippen molar-refractivity contribution in [3.8, 4) is 0 Å². The van der Waals surface area contributed by atoms with Crippen molar-refractivity contribution in [2.45, 2.75) is 108 Å². The minimum atomic E-state index is -1.41. The average molecular weight is 973 g/mol. The molecule has 0 bridgehead atoms. The summed E-state index contributed by atoms with van der Waals surface area (Å²) in [6.07, 6.45) is -9.37. The Kier molecular flexibility index (Phi) is 19.3. The number of aliphatic hydroxyl groups is 1. The summed E-state index contributed by atoms with van der Waals surface area (Å²) >= 11 is 0. The number of ether oxygens (including phenoxy) is 10. The van der Waals surface area contributed by atoms with Gasteiger partial charge in [-0.15, -0.1) is 0 Å². The van der Waals surface area contributed by atoms with Gasteiger partial charge in [-0.25, -0.2) is 0 Å². The summed E-state index contributed by atoms with van der Waals surface area (Å²) in [5, 5.41) is 12.0. The third-order valence-corrected chi connectivity index (χ3v) is 12.7. The van der Waals surface area contributed by atoms with Crippen LogP contribution in [0.5, 0.6) is 0 Å². The van der Waals surface area contributed by atoms with Crippen LogP contribution in [0.15, 0.2) is 212 Å². The lowest BCUT2D eigenvalue weighted by atomic mass is 9.95. The summed E-state index contributed by atoms with van der Waals surface area (Å²) in [5.41, 5.74) is 6.75. The van der Waals surface area contributed by atoms with Crippen LogP contribution in [0, 0.1) is 0 Å². The lowest BCUT2D eigenvalue weighted by molar-refractivity contribution is -0.374. The van der Waals surface area contributed by atoms with Gasteiger partial charge in [0.2, 0.25) is 0 Å². The predicted octanol–water partition coefficient (Wildman–Crippen LogP) is 10.2. The molecule has 0 aliphatic carbocycles. The van der Waals surface area contributed by atoms with Gasteiger partial charge in [0, 0.05) is 0 Å². The molecule has 72 heavy (non-hydrogen) atoms. The van der Waals surface area contributed by atoms with Gasteiger partial charge >= 0.3 is 0 Å². The third kappa shape index (κ3) is 14.8. The number of rotatable bonds is 25. The summed E-state index contributed by atoms with van der Waals surface area (Å²) < 4.78 is 68.6. The van der Waals surface area contributed by atoms with Crippen LogP contribution < -0.4 is 0 Å². The van der Waals surface area contributed by atoms with Gasteiger partial charge in [-0.2, -0.15) is 0 Å². The second-order valence-corrected chi connectivity index (χ2v) is 18.0. The second kappa shape index (κ2) is 27.2. The Bertz CT molecular complexity index is 2550. The van der Waals surface area contributed by atoms with Gasteiger partial charge in [0.1, 0.15) is 48.8 Å². The number of aliphatic hydroxyl groups excluding tert-OH is 1. The van der Waals surface area contributed by atoms with Crippen molar-refractivity contribution in [2.75, 3.05) is 13.2 Å². The Morgan fingerprint density at radius 2 is 0.569 bits per heavy atom. The van der Waals surface area contributed by atoms with Crippen molar-refractivity contribution in [3.63, 3.8) is 0 Å². The molecule has 374 valence electrons. The first-order chi connectivity index (χ1) is 35.6. The molecule has 9 rings (SSSR count). The lowest BCUT2D eigenvalue weighted by Gasteiger charge is -2.49. The van der Waals surface area contributed by atoms with Crippen LogP contribution in [0.3, 0.4) is 0 Å². The van der Waals surface area contributed by atoms with Crippen molar-refractivity contribution in [2.24, 2.45) is 0 Å². The number of hydrogen-bond acceptors (Lipinski definition) is 11. The standard InChI is InChI=1S/C61H64O11/c62-60-58(68-41-50-32-18-6-19-33-50)57(67-40-49-30-16-5-17-31-49)55(53(70-60)44-64-37-46-24-10-2-11-25-46)72-61-59(69-42-51-34-20-7-21-35-51)56(66-39-48-28-14-4-15-29-48)54(65-38-47-26-12-3-13-27-47)52(71-61)43-63-36-45-22-8-1-9-23-45/h1-35,52-62H,36-44H2/t52-,53-,54+,55+,56+,57+,58-,59-,60-,61+/m1/s1. The first-order valence-corrected chi connectivity index (χ1v) is 24.8. The first-order valence-electron chi connectivity index (χ1n) is 24.8. The summed E-state index contributed by atoms with van der Waals surface area (Å²) in [5.74, 6) is 0. The van der Waals surface area contributed by atoms with Gasteiger partial charge in [-0.1, -0.05) is 212 Å². The van der Waals surface area contributed by atoms with Crippen molar-refractivity contribution in [1.29, 1.82) is 0 Å². The molecule has 11 heteroatoms. The Morgan fingerprint density at radius 3 is 0.931 bits per heavy atom. The van der Waals surface area contributed by atoms with Gasteiger partial charge in [0.15, 0.2) is 12.6 Å². The zero-order valence-electron chi connectivity index (χ0n) is 40.4. The molecule has 11 nitrogen and oxygen atoms in total. The third-order valence-electron chi connectivity index (χ3n) is 12.7. The van der Waals surface area contributed by atoms with E-state index >= 15 is 0 Å². The fourth-order valence-corrected chi connectivity index (χ4v) is 8.97. The van der Waals surface area contributed by atoms with E-state index < -0.39 is 61.4 Å². The van der Waals surface area contributed by atoms with E-state index in [2.05, 4.69) is 0 Å². The molecule has 0 amide bonds. The van der Waals surface area contributed by atoms with Crippen LogP contribution in [0.25, 0.3) is 0 Å². The smallest absolute Gasteiger partial charge is 0.187 e. The van der Waals surface area contributed by atoms with Gasteiger partial charge in [-0.05, 0) is 38.9 Å². The molecule has 7 aromatic carbocycles. The molecular weight excluding hydrogens is 909 g/mol. The molecule has 2 aliphatic rings. The van der Waals surface area contributed by atoms with E-state index in [9.17, 15) is 5.11 Å². The van der Waals surface area contributed by atoms with E-state index in [-0.39, 0.29) is 46.2 Å². The van der Waals surface area contributed by atoms with E-state index in [1.165, 1.54) is 0 Å². The molecule has 0 saturated carbocycles. The van der Waals surface area contributed by atoms with Crippen LogP contribution in [-0.4, -0.2) is 79.7 Å². The minimum absolute atomic E-state index is 0.0375. The van der Waals surface area contributed by atoms with E-state index in [1.807, 2.05) is 212 Å². The van der Waals surface area contributed by atoms with Gasteiger partial charge in [0.05, 0.1) is 59.5 Å². The number of benzene rings is 7. The molecule has 2 aliphatic heterocycles. The molecule has 2 heterocycles. The summed E-state index contributed by atoms with van der Waals surface area (Å²) in [6, 6.07) is 69.6. The maximum Gasteiger partial charge on any atom is 0.187 e. The average Bonchev–Trinajstić information content (AvgIpc) is 3.43. The predicted molar refractivity (Wildman–Crippen MR) is 272 cm³/mol. The van der Waals surface area contributed by atoms with E-state index in [1.54, 1.807) is 0 Å². The maximum atomic E-state index is 12.0. The summed E-state index contributed by atoms with van der Waals surface area (Å²) in [7, 11) is 0. The molecule has 0 spiro atoms. The summed E-state index contributed by atoms with van der Waals surface area (Å²) in [6.45, 7) is 1.91. The molecule has 1 N–H and O–H groups in total. The van der Waals surface area contributed by atoms with Crippen molar-refractivity contribution in [3.05, 3.63) is 251 Å². The minimum Gasteiger partial charge on any atom is -0.374 e. The topological polar surface area (TPSA) is 113 Å². The van der Waals surface area contributed by atoms with Crippen LogP contribution >= 0.6 is 0 Å². The van der Waals surface area contributed by atoms with Crippen molar-refractivity contribution >= 4 is 0 Å².